The number of rotatable bonds is 5. The summed E-state index contributed by atoms with van der Waals surface area (Å²) in [7, 11) is -3.43. The average Bonchev–Trinajstić information content (AvgIpc) is 2.93. The van der Waals surface area contributed by atoms with E-state index >= 15 is 0 Å². The predicted molar refractivity (Wildman–Crippen MR) is 80.1 cm³/mol. The molecule has 0 aliphatic carbocycles. The van der Waals surface area contributed by atoms with Crippen LogP contribution in [-0.2, 0) is 21.4 Å². The first-order valence-corrected chi connectivity index (χ1v) is 9.44. The van der Waals surface area contributed by atoms with Gasteiger partial charge in [-0.2, -0.15) is 4.31 Å². The number of hydrogen-bond acceptors (Lipinski definition) is 6. The number of carbonyl (C=O) groups is 2. The van der Waals surface area contributed by atoms with E-state index in [0.717, 1.165) is 30.4 Å². The molecule has 1 saturated heterocycles. The minimum Gasteiger partial charge on any atom is -0.476 e. The molecule has 1 fully saturated rings. The Hall–Kier alpha value is -1.52. The molecule has 1 aliphatic heterocycles. The van der Waals surface area contributed by atoms with E-state index in [1.54, 1.807) is 0 Å². The fourth-order valence-electron chi connectivity index (χ4n) is 2.33. The lowest BCUT2D eigenvalue weighted by Gasteiger charge is -2.32. The van der Waals surface area contributed by atoms with Gasteiger partial charge in [-0.15, -0.1) is 11.3 Å². The number of aromatic nitrogens is 1. The second-order valence-electron chi connectivity index (χ2n) is 5.03. The summed E-state index contributed by atoms with van der Waals surface area (Å²) < 4.78 is 24.7. The number of hydrogen-bond donors (Lipinski definition) is 2. The summed E-state index contributed by atoms with van der Waals surface area (Å²) >= 11 is 1.13. The van der Waals surface area contributed by atoms with Crippen LogP contribution in [0.4, 0.5) is 0 Å². The van der Waals surface area contributed by atoms with Crippen LogP contribution in [-0.4, -0.2) is 53.5 Å². The van der Waals surface area contributed by atoms with Crippen molar-refractivity contribution in [3.8, 4) is 0 Å². The van der Waals surface area contributed by atoms with Crippen molar-refractivity contribution in [3.05, 3.63) is 16.1 Å². The zero-order valence-electron chi connectivity index (χ0n) is 12.0. The molecule has 22 heavy (non-hydrogen) atoms. The van der Waals surface area contributed by atoms with E-state index in [2.05, 4.69) is 10.3 Å². The van der Waals surface area contributed by atoms with E-state index in [4.69, 9.17) is 5.11 Å². The molecule has 2 N–H and O–H groups in total. The molecule has 0 bridgehead atoms. The summed E-state index contributed by atoms with van der Waals surface area (Å²) in [6.07, 6.45) is 3.12. The number of carboxylic acids is 1. The van der Waals surface area contributed by atoms with Crippen LogP contribution in [0.1, 0.15) is 34.8 Å². The molecule has 1 aromatic rings. The summed E-state index contributed by atoms with van der Waals surface area (Å²) in [6, 6.07) is -0.706. The van der Waals surface area contributed by atoms with Crippen LogP contribution < -0.4 is 5.32 Å². The SMILES string of the molecule is CS(=O)(=O)N1CCCC[C@H]1C(=O)NCc1nc(C(=O)O)cs1. The van der Waals surface area contributed by atoms with Crippen LogP contribution in [0.15, 0.2) is 5.38 Å². The van der Waals surface area contributed by atoms with Crippen molar-refractivity contribution in [3.63, 3.8) is 0 Å². The van der Waals surface area contributed by atoms with Crippen molar-refractivity contribution in [2.45, 2.75) is 31.8 Å². The quantitative estimate of drug-likeness (QED) is 0.790. The number of sulfonamides is 1. The maximum atomic E-state index is 12.2. The Bertz CT molecular complexity index is 670. The van der Waals surface area contributed by atoms with E-state index in [-0.39, 0.29) is 18.1 Å². The lowest BCUT2D eigenvalue weighted by Crippen LogP contribution is -2.51. The molecular weight excluding hydrogens is 330 g/mol. The molecule has 0 spiro atoms. The van der Waals surface area contributed by atoms with Gasteiger partial charge in [-0.25, -0.2) is 18.2 Å². The van der Waals surface area contributed by atoms with Gasteiger partial charge in [0, 0.05) is 11.9 Å². The molecule has 0 unspecified atom stereocenters. The van der Waals surface area contributed by atoms with E-state index in [0.29, 0.717) is 18.0 Å². The van der Waals surface area contributed by atoms with Gasteiger partial charge < -0.3 is 10.4 Å². The van der Waals surface area contributed by atoms with Gasteiger partial charge in [0.05, 0.1) is 12.8 Å². The van der Waals surface area contributed by atoms with E-state index in [1.165, 1.54) is 9.69 Å². The first-order chi connectivity index (χ1) is 10.3. The number of thiazole rings is 1. The summed E-state index contributed by atoms with van der Waals surface area (Å²) in [5, 5.41) is 13.3. The van der Waals surface area contributed by atoms with Gasteiger partial charge in [-0.1, -0.05) is 6.42 Å². The highest BCUT2D eigenvalue weighted by Gasteiger charge is 2.34. The number of carbonyl (C=O) groups excluding carboxylic acids is 1. The largest absolute Gasteiger partial charge is 0.476 e. The summed E-state index contributed by atoms with van der Waals surface area (Å²) in [4.78, 5) is 26.8. The van der Waals surface area contributed by atoms with Crippen LogP contribution in [0, 0.1) is 0 Å². The number of piperidine rings is 1. The van der Waals surface area contributed by atoms with Gasteiger partial charge in [-0.05, 0) is 12.8 Å². The molecule has 2 heterocycles. The molecule has 1 amide bonds. The molecular formula is C12H17N3O5S2. The van der Waals surface area contributed by atoms with Crippen LogP contribution in [0.5, 0.6) is 0 Å². The number of aromatic carboxylic acids is 1. The van der Waals surface area contributed by atoms with E-state index in [1.807, 2.05) is 0 Å². The molecule has 0 saturated carbocycles. The Labute approximate surface area is 132 Å². The van der Waals surface area contributed by atoms with Crippen molar-refractivity contribution >= 4 is 33.2 Å². The summed E-state index contributed by atoms with van der Waals surface area (Å²) in [5.74, 6) is -1.50. The number of nitrogens with zero attached hydrogens (tertiary/aromatic N) is 2. The number of carboxylic acid groups (broad SMARTS) is 1. The number of amides is 1. The Balaban J connectivity index is 1.99. The average molecular weight is 347 g/mol. The molecule has 0 aromatic carbocycles. The van der Waals surface area contributed by atoms with Crippen molar-refractivity contribution in [2.24, 2.45) is 0 Å². The second kappa shape index (κ2) is 6.71. The van der Waals surface area contributed by atoms with Crippen LogP contribution in [0.3, 0.4) is 0 Å². The minimum atomic E-state index is -3.43. The normalized spacial score (nSPS) is 19.8. The topological polar surface area (TPSA) is 117 Å². The molecule has 1 aromatic heterocycles. The maximum absolute atomic E-state index is 12.2. The van der Waals surface area contributed by atoms with Crippen LogP contribution >= 0.6 is 11.3 Å². The fraction of sp³-hybridized carbons (Fsp3) is 0.583. The smallest absolute Gasteiger partial charge is 0.355 e. The summed E-state index contributed by atoms with van der Waals surface area (Å²) in [5.41, 5.74) is -0.0651. The Morgan fingerprint density at radius 1 is 1.50 bits per heavy atom. The van der Waals surface area contributed by atoms with Crippen LogP contribution in [0.2, 0.25) is 0 Å². The van der Waals surface area contributed by atoms with Gasteiger partial charge >= 0.3 is 5.97 Å². The third-order valence-electron chi connectivity index (χ3n) is 3.37. The predicted octanol–water partition coefficient (Wildman–Crippen LogP) is 0.272. The molecule has 2 rings (SSSR count). The highest BCUT2D eigenvalue weighted by Crippen LogP contribution is 2.20. The van der Waals surface area contributed by atoms with Gasteiger partial charge in [0.15, 0.2) is 5.69 Å². The fourth-order valence-corrected chi connectivity index (χ4v) is 4.17. The Morgan fingerprint density at radius 2 is 2.23 bits per heavy atom. The number of nitrogens with one attached hydrogen (secondary N) is 1. The van der Waals surface area contributed by atoms with Crippen LogP contribution in [0.25, 0.3) is 0 Å². The lowest BCUT2D eigenvalue weighted by atomic mass is 10.0. The van der Waals surface area contributed by atoms with Gasteiger partial charge in [-0.3, -0.25) is 4.79 Å². The molecule has 0 radical (unpaired) electrons. The molecule has 8 nitrogen and oxygen atoms in total. The third-order valence-corrected chi connectivity index (χ3v) is 5.50. The van der Waals surface area contributed by atoms with Gasteiger partial charge in [0.1, 0.15) is 11.0 Å². The minimum absolute atomic E-state index is 0.0651. The maximum Gasteiger partial charge on any atom is 0.355 e. The standard InChI is InChI=1S/C12H17N3O5S2/c1-22(19,20)15-5-3-2-4-9(15)11(16)13-6-10-14-8(7-21-10)12(17)18/h7,9H,2-6H2,1H3,(H,13,16)(H,17,18)/t9-/m0/s1. The lowest BCUT2D eigenvalue weighted by molar-refractivity contribution is -0.125. The Kier molecular flexibility index (Phi) is 5.14. The highest BCUT2D eigenvalue weighted by atomic mass is 32.2. The Morgan fingerprint density at radius 3 is 2.82 bits per heavy atom. The molecule has 1 aliphatic rings. The molecule has 1 atom stereocenters. The first kappa shape index (κ1) is 16.8. The highest BCUT2D eigenvalue weighted by molar-refractivity contribution is 7.88. The summed E-state index contributed by atoms with van der Waals surface area (Å²) in [6.45, 7) is 0.433. The van der Waals surface area contributed by atoms with Gasteiger partial charge in [0.2, 0.25) is 15.9 Å². The van der Waals surface area contributed by atoms with Crippen molar-refractivity contribution in [1.29, 1.82) is 0 Å². The van der Waals surface area contributed by atoms with Gasteiger partial charge in [0.25, 0.3) is 0 Å². The molecule has 10 heteroatoms. The van der Waals surface area contributed by atoms with E-state index < -0.39 is 22.0 Å². The molecule has 122 valence electrons. The monoisotopic (exact) mass is 347 g/mol. The van der Waals surface area contributed by atoms with E-state index in [9.17, 15) is 18.0 Å². The van der Waals surface area contributed by atoms with Crippen molar-refractivity contribution in [1.82, 2.24) is 14.6 Å². The van der Waals surface area contributed by atoms with Crippen molar-refractivity contribution in [2.75, 3.05) is 12.8 Å². The third kappa shape index (κ3) is 4.02. The zero-order chi connectivity index (χ0) is 16.3. The van der Waals surface area contributed by atoms with Crippen molar-refractivity contribution < 1.29 is 23.1 Å². The second-order valence-corrected chi connectivity index (χ2v) is 7.91. The first-order valence-electron chi connectivity index (χ1n) is 6.71. The zero-order valence-corrected chi connectivity index (χ0v) is 13.6.